The summed E-state index contributed by atoms with van der Waals surface area (Å²) in [6.07, 6.45) is 14.2. The quantitative estimate of drug-likeness (QED) is 0.0629. The van der Waals surface area contributed by atoms with E-state index in [1.54, 1.807) is 48.5 Å². The molecule has 0 aliphatic rings. The average molecular weight is 573 g/mol. The van der Waals surface area contributed by atoms with Crippen molar-refractivity contribution in [2.24, 2.45) is 0 Å². The molecule has 0 spiro atoms. The van der Waals surface area contributed by atoms with Gasteiger partial charge in [0.1, 0.15) is 17.2 Å². The van der Waals surface area contributed by atoms with Crippen LogP contribution < -0.4 is 9.47 Å². The molecule has 224 valence electrons. The summed E-state index contributed by atoms with van der Waals surface area (Å²) in [5.41, 5.74) is 2.37. The summed E-state index contributed by atoms with van der Waals surface area (Å²) in [4.78, 5) is 24.4. The van der Waals surface area contributed by atoms with Gasteiger partial charge >= 0.3 is 11.9 Å². The summed E-state index contributed by atoms with van der Waals surface area (Å²) in [5, 5.41) is 9.44. The Bertz CT molecular complexity index is 1200. The molecule has 0 bridgehead atoms. The van der Waals surface area contributed by atoms with E-state index in [2.05, 4.69) is 6.58 Å². The number of carbonyl (C=O) groups is 2. The largest absolute Gasteiger partial charge is 0.508 e. The normalized spacial score (nSPS) is 10.7. The van der Waals surface area contributed by atoms with E-state index >= 15 is 0 Å². The fourth-order valence-electron chi connectivity index (χ4n) is 4.49. The van der Waals surface area contributed by atoms with Crippen molar-refractivity contribution in [2.45, 2.75) is 77.0 Å². The van der Waals surface area contributed by atoms with Gasteiger partial charge in [0.25, 0.3) is 0 Å². The molecule has 3 aromatic rings. The fraction of sp³-hybridized carbons (Fsp3) is 0.389. The van der Waals surface area contributed by atoms with Crippen LogP contribution in [-0.2, 0) is 9.53 Å². The highest BCUT2D eigenvalue weighted by Gasteiger charge is 2.09. The van der Waals surface area contributed by atoms with Gasteiger partial charge < -0.3 is 19.3 Å². The second kappa shape index (κ2) is 19.1. The number of allylic oxidation sites excluding steroid dienone is 1. The lowest BCUT2D eigenvalue weighted by Gasteiger charge is -2.09. The molecule has 6 nitrogen and oxygen atoms in total. The number of rotatable bonds is 20. The number of carbonyl (C=O) groups excluding carboxylic acids is 2. The first kappa shape index (κ1) is 32.5. The highest BCUT2D eigenvalue weighted by Crippen LogP contribution is 2.25. The van der Waals surface area contributed by atoms with Crippen LogP contribution in [0.1, 0.15) is 87.4 Å². The molecule has 3 aromatic carbocycles. The average Bonchev–Trinajstić information content (AvgIpc) is 3.01. The molecular formula is C36H44O6. The highest BCUT2D eigenvalue weighted by molar-refractivity contribution is 5.91. The SMILES string of the molecule is C=CCCCCCCCCC(=O)OCCCCCCOc1ccc(C(=O)Oc2ccc(-c3ccc(O)cc3)cc2)cc1. The van der Waals surface area contributed by atoms with Gasteiger partial charge in [0.2, 0.25) is 0 Å². The molecule has 0 saturated heterocycles. The molecule has 0 aromatic heterocycles. The van der Waals surface area contributed by atoms with Crippen LogP contribution in [0, 0.1) is 0 Å². The van der Waals surface area contributed by atoms with Gasteiger partial charge in [-0.1, -0.05) is 56.0 Å². The van der Waals surface area contributed by atoms with Crippen molar-refractivity contribution in [3.05, 3.63) is 91.0 Å². The zero-order valence-corrected chi connectivity index (χ0v) is 24.6. The number of hydrogen-bond acceptors (Lipinski definition) is 6. The third-order valence-electron chi connectivity index (χ3n) is 6.97. The predicted molar refractivity (Wildman–Crippen MR) is 167 cm³/mol. The number of unbranched alkanes of at least 4 members (excludes halogenated alkanes) is 9. The maximum atomic E-state index is 12.5. The predicted octanol–water partition coefficient (Wildman–Crippen LogP) is 9.07. The van der Waals surface area contributed by atoms with Gasteiger partial charge in [-0.3, -0.25) is 4.79 Å². The third kappa shape index (κ3) is 12.6. The number of phenolic OH excluding ortho intramolecular Hbond substituents is 1. The van der Waals surface area contributed by atoms with E-state index in [4.69, 9.17) is 14.2 Å². The Morgan fingerprint density at radius 1 is 0.643 bits per heavy atom. The van der Waals surface area contributed by atoms with Crippen LogP contribution in [0.2, 0.25) is 0 Å². The first-order valence-electron chi connectivity index (χ1n) is 15.2. The first-order chi connectivity index (χ1) is 20.5. The molecule has 0 unspecified atom stereocenters. The second-order valence-corrected chi connectivity index (χ2v) is 10.4. The third-order valence-corrected chi connectivity index (χ3v) is 6.97. The monoisotopic (exact) mass is 572 g/mol. The van der Waals surface area contributed by atoms with E-state index in [0.717, 1.165) is 56.1 Å². The fourth-order valence-corrected chi connectivity index (χ4v) is 4.49. The molecule has 0 heterocycles. The van der Waals surface area contributed by atoms with Crippen LogP contribution >= 0.6 is 0 Å². The Labute approximate surface area is 250 Å². The minimum Gasteiger partial charge on any atom is -0.508 e. The molecule has 0 saturated carbocycles. The molecule has 0 amide bonds. The standard InChI is InChI=1S/C36H44O6/c1-2-3-4-5-6-7-8-11-14-35(38)41-28-13-10-9-12-27-40-33-23-19-31(20-24-33)36(39)42-34-25-17-30(18-26-34)29-15-21-32(37)22-16-29/h2,15-26,37H,1,3-14,27-28H2. The van der Waals surface area contributed by atoms with Crippen molar-refractivity contribution >= 4 is 11.9 Å². The molecule has 42 heavy (non-hydrogen) atoms. The molecule has 0 aliphatic carbocycles. The Kier molecular flexibility index (Phi) is 14.8. The van der Waals surface area contributed by atoms with E-state index in [1.807, 2.05) is 30.3 Å². The van der Waals surface area contributed by atoms with Crippen LogP contribution in [0.5, 0.6) is 17.2 Å². The molecule has 0 fully saturated rings. The second-order valence-electron chi connectivity index (χ2n) is 10.4. The van der Waals surface area contributed by atoms with Crippen LogP contribution in [0.3, 0.4) is 0 Å². The zero-order valence-electron chi connectivity index (χ0n) is 24.6. The molecular weight excluding hydrogens is 528 g/mol. The molecule has 3 rings (SSSR count). The smallest absolute Gasteiger partial charge is 0.343 e. The molecule has 6 heteroatoms. The van der Waals surface area contributed by atoms with E-state index in [-0.39, 0.29) is 11.7 Å². The number of phenols is 1. The van der Waals surface area contributed by atoms with Gasteiger partial charge in [-0.2, -0.15) is 0 Å². The van der Waals surface area contributed by atoms with Crippen molar-refractivity contribution in [1.29, 1.82) is 0 Å². The maximum absolute atomic E-state index is 12.5. The molecule has 0 atom stereocenters. The summed E-state index contributed by atoms with van der Waals surface area (Å²) >= 11 is 0. The van der Waals surface area contributed by atoms with Crippen molar-refractivity contribution < 1.29 is 28.9 Å². The van der Waals surface area contributed by atoms with Gasteiger partial charge in [-0.15, -0.1) is 6.58 Å². The van der Waals surface area contributed by atoms with Gasteiger partial charge in [0, 0.05) is 6.42 Å². The van der Waals surface area contributed by atoms with Crippen LogP contribution in [-0.4, -0.2) is 30.3 Å². The van der Waals surface area contributed by atoms with Crippen molar-refractivity contribution in [3.8, 4) is 28.4 Å². The van der Waals surface area contributed by atoms with Crippen molar-refractivity contribution in [2.75, 3.05) is 13.2 Å². The van der Waals surface area contributed by atoms with Crippen LogP contribution in [0.4, 0.5) is 0 Å². The topological polar surface area (TPSA) is 82.1 Å². The Morgan fingerprint density at radius 2 is 1.19 bits per heavy atom. The lowest BCUT2D eigenvalue weighted by atomic mass is 10.1. The summed E-state index contributed by atoms with van der Waals surface area (Å²) in [6, 6.07) is 21.1. The number of benzene rings is 3. The van der Waals surface area contributed by atoms with Gasteiger partial charge in [-0.05, 0) is 105 Å². The molecule has 0 aliphatic heterocycles. The summed E-state index contributed by atoms with van der Waals surface area (Å²) in [6.45, 7) is 4.81. The van der Waals surface area contributed by atoms with Gasteiger partial charge in [-0.25, -0.2) is 4.79 Å². The summed E-state index contributed by atoms with van der Waals surface area (Å²) in [5.74, 6) is 0.860. The first-order valence-corrected chi connectivity index (χ1v) is 15.2. The molecule has 0 radical (unpaired) electrons. The van der Waals surface area contributed by atoms with Crippen molar-refractivity contribution in [3.63, 3.8) is 0 Å². The summed E-state index contributed by atoms with van der Waals surface area (Å²) < 4.78 is 16.6. The van der Waals surface area contributed by atoms with E-state index in [1.165, 1.54) is 25.7 Å². The highest BCUT2D eigenvalue weighted by atomic mass is 16.5. The number of esters is 2. The van der Waals surface area contributed by atoms with Crippen molar-refractivity contribution in [1.82, 2.24) is 0 Å². The maximum Gasteiger partial charge on any atom is 0.343 e. The van der Waals surface area contributed by atoms with E-state index in [0.29, 0.717) is 36.7 Å². The number of aromatic hydroxyl groups is 1. The Balaban J connectivity index is 1.21. The minimum atomic E-state index is -0.436. The number of hydrogen-bond donors (Lipinski definition) is 1. The zero-order chi connectivity index (χ0) is 29.8. The Hall–Kier alpha value is -4.06. The van der Waals surface area contributed by atoms with Crippen LogP contribution in [0.15, 0.2) is 85.5 Å². The van der Waals surface area contributed by atoms with Gasteiger partial charge in [0.15, 0.2) is 0 Å². The van der Waals surface area contributed by atoms with Gasteiger partial charge in [0.05, 0.1) is 18.8 Å². The lowest BCUT2D eigenvalue weighted by Crippen LogP contribution is -2.08. The van der Waals surface area contributed by atoms with E-state index < -0.39 is 5.97 Å². The Morgan fingerprint density at radius 3 is 1.86 bits per heavy atom. The molecule has 1 N–H and O–H groups in total. The van der Waals surface area contributed by atoms with E-state index in [9.17, 15) is 14.7 Å². The lowest BCUT2D eigenvalue weighted by molar-refractivity contribution is -0.143. The summed E-state index contributed by atoms with van der Waals surface area (Å²) in [7, 11) is 0. The van der Waals surface area contributed by atoms with Crippen LogP contribution in [0.25, 0.3) is 11.1 Å². The number of ether oxygens (including phenoxy) is 3. The minimum absolute atomic E-state index is 0.0826.